The Balaban J connectivity index is 2.12. The molecule has 1 fully saturated rings. The topological polar surface area (TPSA) is 44.5 Å². The Morgan fingerprint density at radius 2 is 1.88 bits per heavy atom. The van der Waals surface area contributed by atoms with Crippen LogP contribution in [0.4, 0.5) is 0 Å². The third-order valence-electron chi connectivity index (χ3n) is 3.74. The summed E-state index contributed by atoms with van der Waals surface area (Å²) in [6, 6.07) is 8.60. The summed E-state index contributed by atoms with van der Waals surface area (Å²) in [4.78, 5) is 0. The van der Waals surface area contributed by atoms with Crippen molar-refractivity contribution in [2.45, 2.75) is 24.4 Å². The Labute approximate surface area is 103 Å². The highest BCUT2D eigenvalue weighted by Crippen LogP contribution is 2.47. The number of methoxy groups -OCH3 is 2. The average molecular weight is 235 g/mol. The van der Waals surface area contributed by atoms with Gasteiger partial charge in [0.1, 0.15) is 6.10 Å². The lowest BCUT2D eigenvalue weighted by Gasteiger charge is -2.17. The number of benzene rings is 1. The molecule has 1 saturated carbocycles. The smallest absolute Gasteiger partial charge is 0.105 e. The highest BCUT2D eigenvalue weighted by atomic mass is 16.5. The van der Waals surface area contributed by atoms with Gasteiger partial charge in [0, 0.05) is 26.2 Å². The van der Waals surface area contributed by atoms with Crippen LogP contribution in [0.3, 0.4) is 0 Å². The minimum Gasteiger partial charge on any atom is -0.382 e. The van der Waals surface area contributed by atoms with Crippen LogP contribution < -0.4 is 5.73 Å². The first-order valence-corrected chi connectivity index (χ1v) is 6.08. The molecule has 1 atom stereocenters. The van der Waals surface area contributed by atoms with Crippen molar-refractivity contribution in [1.29, 1.82) is 0 Å². The third-order valence-corrected chi connectivity index (χ3v) is 3.74. The van der Waals surface area contributed by atoms with Crippen molar-refractivity contribution in [3.8, 4) is 0 Å². The molecular formula is C14H21NO2. The molecule has 1 unspecified atom stereocenters. The van der Waals surface area contributed by atoms with E-state index in [4.69, 9.17) is 15.2 Å². The maximum atomic E-state index is 5.83. The molecule has 3 nitrogen and oxygen atoms in total. The Bertz CT molecular complexity index is 357. The van der Waals surface area contributed by atoms with Crippen LogP contribution in [-0.4, -0.2) is 27.4 Å². The summed E-state index contributed by atoms with van der Waals surface area (Å²) in [6.07, 6.45) is 2.45. The van der Waals surface area contributed by atoms with E-state index in [9.17, 15) is 0 Å². The first-order valence-electron chi connectivity index (χ1n) is 6.08. The Morgan fingerprint density at radius 1 is 1.24 bits per heavy atom. The fraction of sp³-hybridized carbons (Fsp3) is 0.571. The van der Waals surface area contributed by atoms with Gasteiger partial charge in [0.15, 0.2) is 0 Å². The normalized spacial score (nSPS) is 19.0. The summed E-state index contributed by atoms with van der Waals surface area (Å²) in [6.45, 7) is 1.33. The Hall–Kier alpha value is -0.900. The van der Waals surface area contributed by atoms with Gasteiger partial charge in [0.25, 0.3) is 0 Å². The minimum absolute atomic E-state index is 0.0158. The van der Waals surface area contributed by atoms with Crippen molar-refractivity contribution in [3.05, 3.63) is 35.4 Å². The zero-order chi connectivity index (χ0) is 12.3. The van der Waals surface area contributed by atoms with Gasteiger partial charge in [-0.2, -0.15) is 0 Å². The summed E-state index contributed by atoms with van der Waals surface area (Å²) >= 11 is 0. The van der Waals surface area contributed by atoms with Crippen molar-refractivity contribution < 1.29 is 9.47 Å². The van der Waals surface area contributed by atoms with Crippen LogP contribution >= 0.6 is 0 Å². The van der Waals surface area contributed by atoms with Gasteiger partial charge in [-0.3, -0.25) is 0 Å². The van der Waals surface area contributed by atoms with Crippen molar-refractivity contribution in [2.75, 3.05) is 27.4 Å². The molecule has 0 saturated heterocycles. The minimum atomic E-state index is 0.0158. The first-order chi connectivity index (χ1) is 8.25. The zero-order valence-electron chi connectivity index (χ0n) is 10.6. The molecule has 94 valence electrons. The van der Waals surface area contributed by atoms with E-state index in [2.05, 4.69) is 24.3 Å². The molecule has 17 heavy (non-hydrogen) atoms. The van der Waals surface area contributed by atoms with Crippen molar-refractivity contribution in [2.24, 2.45) is 5.73 Å². The predicted octanol–water partition coefficient (Wildman–Crippen LogP) is 2.01. The number of nitrogens with two attached hydrogens (primary N) is 1. The molecule has 0 spiro atoms. The summed E-state index contributed by atoms with van der Waals surface area (Å²) < 4.78 is 10.5. The SMILES string of the molecule is COCC(OC)c1ccc(C2(CN)CC2)cc1. The molecule has 0 aliphatic heterocycles. The van der Waals surface area contributed by atoms with E-state index in [1.807, 2.05) is 0 Å². The molecule has 1 aromatic rings. The lowest BCUT2D eigenvalue weighted by molar-refractivity contribution is 0.0275. The second-order valence-electron chi connectivity index (χ2n) is 4.79. The highest BCUT2D eigenvalue weighted by molar-refractivity contribution is 5.34. The van der Waals surface area contributed by atoms with Crippen molar-refractivity contribution in [3.63, 3.8) is 0 Å². The molecule has 0 heterocycles. The number of hydrogen-bond acceptors (Lipinski definition) is 3. The zero-order valence-corrected chi connectivity index (χ0v) is 10.6. The fourth-order valence-corrected chi connectivity index (χ4v) is 2.26. The Kier molecular flexibility index (Phi) is 3.82. The lowest BCUT2D eigenvalue weighted by Crippen LogP contribution is -2.19. The van der Waals surface area contributed by atoms with E-state index in [0.29, 0.717) is 6.61 Å². The summed E-state index contributed by atoms with van der Waals surface area (Å²) in [5.74, 6) is 0. The third kappa shape index (κ3) is 2.51. The van der Waals surface area contributed by atoms with Gasteiger partial charge < -0.3 is 15.2 Å². The van der Waals surface area contributed by atoms with E-state index < -0.39 is 0 Å². The molecule has 2 N–H and O–H groups in total. The highest BCUT2D eigenvalue weighted by Gasteiger charge is 2.42. The monoisotopic (exact) mass is 235 g/mol. The maximum absolute atomic E-state index is 5.83. The number of hydrogen-bond donors (Lipinski definition) is 1. The molecule has 0 radical (unpaired) electrons. The molecule has 0 aromatic heterocycles. The van der Waals surface area contributed by atoms with Crippen LogP contribution in [0, 0.1) is 0 Å². The van der Waals surface area contributed by atoms with Crippen molar-refractivity contribution >= 4 is 0 Å². The average Bonchev–Trinajstić information content (AvgIpc) is 3.17. The van der Waals surface area contributed by atoms with Gasteiger partial charge in [-0.1, -0.05) is 24.3 Å². The van der Waals surface area contributed by atoms with E-state index in [1.54, 1.807) is 14.2 Å². The second-order valence-corrected chi connectivity index (χ2v) is 4.79. The maximum Gasteiger partial charge on any atom is 0.105 e. The van der Waals surface area contributed by atoms with E-state index in [0.717, 1.165) is 12.1 Å². The van der Waals surface area contributed by atoms with Gasteiger partial charge in [-0.15, -0.1) is 0 Å². The van der Waals surface area contributed by atoms with Gasteiger partial charge in [-0.05, 0) is 24.0 Å². The van der Waals surface area contributed by atoms with E-state index in [-0.39, 0.29) is 11.5 Å². The van der Waals surface area contributed by atoms with E-state index in [1.165, 1.54) is 18.4 Å². The van der Waals surface area contributed by atoms with Gasteiger partial charge >= 0.3 is 0 Å². The fourth-order valence-electron chi connectivity index (χ4n) is 2.26. The van der Waals surface area contributed by atoms with Crippen LogP contribution in [0.2, 0.25) is 0 Å². The van der Waals surface area contributed by atoms with Gasteiger partial charge in [-0.25, -0.2) is 0 Å². The van der Waals surface area contributed by atoms with E-state index >= 15 is 0 Å². The van der Waals surface area contributed by atoms with Crippen LogP contribution in [0.5, 0.6) is 0 Å². The molecule has 2 rings (SSSR count). The van der Waals surface area contributed by atoms with Crippen molar-refractivity contribution in [1.82, 2.24) is 0 Å². The number of ether oxygens (including phenoxy) is 2. The lowest BCUT2D eigenvalue weighted by atomic mass is 9.94. The molecule has 1 aliphatic carbocycles. The second kappa shape index (κ2) is 5.17. The standard InChI is InChI=1S/C14H21NO2/c1-16-9-13(17-2)11-3-5-12(6-4-11)14(10-15)7-8-14/h3-6,13H,7-10,15H2,1-2H3. The molecule has 3 heteroatoms. The molecule has 0 amide bonds. The Morgan fingerprint density at radius 3 is 2.29 bits per heavy atom. The molecule has 1 aliphatic rings. The summed E-state index contributed by atoms with van der Waals surface area (Å²) in [5, 5.41) is 0. The van der Waals surface area contributed by atoms with Crippen LogP contribution in [0.15, 0.2) is 24.3 Å². The molecule has 0 bridgehead atoms. The van der Waals surface area contributed by atoms with Gasteiger partial charge in [0.05, 0.1) is 6.61 Å². The van der Waals surface area contributed by atoms with Crippen LogP contribution in [-0.2, 0) is 14.9 Å². The van der Waals surface area contributed by atoms with Gasteiger partial charge in [0.2, 0.25) is 0 Å². The first kappa shape index (κ1) is 12.6. The largest absolute Gasteiger partial charge is 0.382 e. The predicted molar refractivity (Wildman–Crippen MR) is 68.0 cm³/mol. The summed E-state index contributed by atoms with van der Waals surface area (Å²) in [7, 11) is 3.40. The number of rotatable bonds is 6. The quantitative estimate of drug-likeness (QED) is 0.820. The van der Waals surface area contributed by atoms with Crippen LogP contribution in [0.1, 0.15) is 30.1 Å². The molecular weight excluding hydrogens is 214 g/mol. The summed E-state index contributed by atoms with van der Waals surface area (Å²) in [5.41, 5.74) is 8.61. The molecule has 1 aromatic carbocycles. The van der Waals surface area contributed by atoms with Crippen LogP contribution in [0.25, 0.3) is 0 Å².